The molecule has 1 heterocycles. The first-order valence-electron chi connectivity index (χ1n) is 5.33. The zero-order chi connectivity index (χ0) is 9.80. The molecule has 14 heavy (non-hydrogen) atoms. The molecule has 2 rings (SSSR count). The number of aromatic nitrogens is 2. The number of rotatable bonds is 5. The van der Waals surface area contributed by atoms with E-state index in [-0.39, 0.29) is 0 Å². The van der Waals surface area contributed by atoms with Crippen LogP contribution in [0.15, 0.2) is 12.4 Å². The molecule has 0 spiro atoms. The largest absolute Gasteiger partial charge is 0.311 e. The van der Waals surface area contributed by atoms with E-state index in [0.717, 1.165) is 30.4 Å². The molecule has 1 N–H and O–H groups in total. The number of hydrogen-bond acceptors (Lipinski definition) is 3. The normalized spacial score (nSPS) is 15.8. The van der Waals surface area contributed by atoms with Gasteiger partial charge in [-0.15, -0.1) is 0 Å². The predicted octanol–water partition coefficient (Wildman–Crippen LogP) is 1.67. The first-order chi connectivity index (χ1) is 6.84. The monoisotopic (exact) mass is 191 g/mol. The Bertz CT molecular complexity index is 277. The van der Waals surface area contributed by atoms with Crippen molar-refractivity contribution >= 4 is 0 Å². The van der Waals surface area contributed by atoms with E-state index >= 15 is 0 Å². The van der Waals surface area contributed by atoms with E-state index in [9.17, 15) is 0 Å². The maximum absolute atomic E-state index is 4.29. The first kappa shape index (κ1) is 9.59. The molecule has 1 fully saturated rings. The van der Waals surface area contributed by atoms with Gasteiger partial charge in [-0.25, -0.2) is 0 Å². The average molecular weight is 191 g/mol. The topological polar surface area (TPSA) is 37.8 Å². The molecule has 76 valence electrons. The summed E-state index contributed by atoms with van der Waals surface area (Å²) in [5, 5.41) is 3.39. The van der Waals surface area contributed by atoms with Gasteiger partial charge < -0.3 is 5.32 Å². The van der Waals surface area contributed by atoms with Gasteiger partial charge in [0.25, 0.3) is 0 Å². The van der Waals surface area contributed by atoms with Crippen molar-refractivity contribution in [3.8, 4) is 0 Å². The average Bonchev–Trinajstić information content (AvgIpc) is 2.99. The van der Waals surface area contributed by atoms with E-state index in [4.69, 9.17) is 0 Å². The molecule has 3 nitrogen and oxygen atoms in total. The van der Waals surface area contributed by atoms with Crippen molar-refractivity contribution in [2.75, 3.05) is 6.54 Å². The van der Waals surface area contributed by atoms with Crippen LogP contribution in [-0.2, 0) is 6.54 Å². The van der Waals surface area contributed by atoms with Crippen LogP contribution in [0.4, 0.5) is 0 Å². The van der Waals surface area contributed by atoms with Crippen LogP contribution in [0.1, 0.15) is 30.7 Å². The van der Waals surface area contributed by atoms with E-state index in [1.54, 1.807) is 0 Å². The van der Waals surface area contributed by atoms with E-state index in [1.165, 1.54) is 19.3 Å². The van der Waals surface area contributed by atoms with Crippen molar-refractivity contribution < 1.29 is 0 Å². The zero-order valence-electron chi connectivity index (χ0n) is 8.66. The molecule has 1 aromatic rings. The SMILES string of the molecule is Cc1cnc(CNCCC2CC2)cn1. The van der Waals surface area contributed by atoms with E-state index in [2.05, 4.69) is 15.3 Å². The highest BCUT2D eigenvalue weighted by atomic mass is 14.9. The van der Waals surface area contributed by atoms with Gasteiger partial charge in [0.1, 0.15) is 0 Å². The van der Waals surface area contributed by atoms with Gasteiger partial charge in [0, 0.05) is 18.9 Å². The molecule has 0 aromatic carbocycles. The molecule has 0 saturated heterocycles. The summed E-state index contributed by atoms with van der Waals surface area (Å²) in [4.78, 5) is 8.49. The lowest BCUT2D eigenvalue weighted by Gasteiger charge is -2.03. The summed E-state index contributed by atoms with van der Waals surface area (Å²) in [5.74, 6) is 1.01. The van der Waals surface area contributed by atoms with Gasteiger partial charge in [-0.2, -0.15) is 0 Å². The standard InChI is InChI=1S/C11H17N3/c1-9-6-14-11(8-13-9)7-12-5-4-10-2-3-10/h6,8,10,12H,2-5,7H2,1H3. The number of nitrogens with zero attached hydrogens (tertiary/aromatic N) is 2. The minimum absolute atomic E-state index is 0.847. The van der Waals surface area contributed by atoms with Crippen molar-refractivity contribution in [1.82, 2.24) is 15.3 Å². The molecule has 1 saturated carbocycles. The Labute approximate surface area is 85.0 Å². The molecule has 0 amide bonds. The van der Waals surface area contributed by atoms with Crippen molar-refractivity contribution in [2.45, 2.75) is 32.7 Å². The van der Waals surface area contributed by atoms with Crippen LogP contribution in [0.25, 0.3) is 0 Å². The lowest BCUT2D eigenvalue weighted by atomic mass is 10.3. The quantitative estimate of drug-likeness (QED) is 0.719. The fourth-order valence-electron chi connectivity index (χ4n) is 1.44. The Kier molecular flexibility index (Phi) is 3.09. The van der Waals surface area contributed by atoms with Crippen molar-refractivity contribution in [3.63, 3.8) is 0 Å². The maximum atomic E-state index is 4.29. The second-order valence-corrected chi connectivity index (χ2v) is 4.06. The Morgan fingerprint density at radius 1 is 1.36 bits per heavy atom. The summed E-state index contributed by atoms with van der Waals surface area (Å²) in [5.41, 5.74) is 2.01. The van der Waals surface area contributed by atoms with Crippen LogP contribution < -0.4 is 5.32 Å². The molecular formula is C11H17N3. The summed E-state index contributed by atoms with van der Waals surface area (Å²) in [7, 11) is 0. The summed E-state index contributed by atoms with van der Waals surface area (Å²) >= 11 is 0. The van der Waals surface area contributed by atoms with Crippen molar-refractivity contribution in [2.24, 2.45) is 5.92 Å². The van der Waals surface area contributed by atoms with Gasteiger partial charge >= 0.3 is 0 Å². The molecule has 1 aromatic heterocycles. The van der Waals surface area contributed by atoms with Gasteiger partial charge in [0.05, 0.1) is 11.4 Å². The Morgan fingerprint density at radius 3 is 2.86 bits per heavy atom. The minimum atomic E-state index is 0.847. The second-order valence-electron chi connectivity index (χ2n) is 4.06. The third kappa shape index (κ3) is 3.07. The van der Waals surface area contributed by atoms with Gasteiger partial charge in [0.15, 0.2) is 0 Å². The van der Waals surface area contributed by atoms with Crippen LogP contribution in [-0.4, -0.2) is 16.5 Å². The van der Waals surface area contributed by atoms with Crippen molar-refractivity contribution in [3.05, 3.63) is 23.8 Å². The maximum Gasteiger partial charge on any atom is 0.0724 e. The van der Waals surface area contributed by atoms with Crippen LogP contribution in [0.5, 0.6) is 0 Å². The molecule has 1 aliphatic rings. The van der Waals surface area contributed by atoms with Gasteiger partial charge in [-0.3, -0.25) is 9.97 Å². The summed E-state index contributed by atoms with van der Waals surface area (Å²) in [6, 6.07) is 0. The van der Waals surface area contributed by atoms with Gasteiger partial charge in [-0.05, 0) is 25.8 Å². The second kappa shape index (κ2) is 4.51. The molecule has 0 atom stereocenters. The van der Waals surface area contributed by atoms with Crippen LogP contribution in [0.2, 0.25) is 0 Å². The van der Waals surface area contributed by atoms with Crippen LogP contribution in [0.3, 0.4) is 0 Å². The molecule has 3 heteroatoms. The molecular weight excluding hydrogens is 174 g/mol. The van der Waals surface area contributed by atoms with Crippen molar-refractivity contribution in [1.29, 1.82) is 0 Å². The smallest absolute Gasteiger partial charge is 0.0724 e. The van der Waals surface area contributed by atoms with Crippen LogP contribution >= 0.6 is 0 Å². The fourth-order valence-corrected chi connectivity index (χ4v) is 1.44. The highest BCUT2D eigenvalue weighted by Gasteiger charge is 2.19. The molecule has 0 unspecified atom stereocenters. The summed E-state index contributed by atoms with van der Waals surface area (Å²) < 4.78 is 0. The zero-order valence-corrected chi connectivity index (χ0v) is 8.66. The Hall–Kier alpha value is -0.960. The lowest BCUT2D eigenvalue weighted by molar-refractivity contribution is 0.605. The number of aryl methyl sites for hydroxylation is 1. The summed E-state index contributed by atoms with van der Waals surface area (Å²) in [6.45, 7) is 3.91. The number of hydrogen-bond donors (Lipinski definition) is 1. The molecule has 0 aliphatic heterocycles. The molecule has 0 radical (unpaired) electrons. The fraction of sp³-hybridized carbons (Fsp3) is 0.636. The first-order valence-corrected chi connectivity index (χ1v) is 5.33. The third-order valence-corrected chi connectivity index (χ3v) is 2.57. The highest BCUT2D eigenvalue weighted by molar-refractivity contribution is 5.00. The molecule has 1 aliphatic carbocycles. The minimum Gasteiger partial charge on any atom is -0.311 e. The third-order valence-electron chi connectivity index (χ3n) is 2.57. The van der Waals surface area contributed by atoms with E-state index in [0.29, 0.717) is 0 Å². The highest BCUT2D eigenvalue weighted by Crippen LogP contribution is 2.31. The van der Waals surface area contributed by atoms with E-state index in [1.807, 2.05) is 19.3 Å². The Morgan fingerprint density at radius 2 is 2.21 bits per heavy atom. The lowest BCUT2D eigenvalue weighted by Crippen LogP contribution is -2.16. The Balaban J connectivity index is 1.66. The number of nitrogens with one attached hydrogen (secondary N) is 1. The van der Waals surface area contributed by atoms with Gasteiger partial charge in [-0.1, -0.05) is 12.8 Å². The summed E-state index contributed by atoms with van der Waals surface area (Å²) in [6.07, 6.45) is 7.86. The predicted molar refractivity (Wildman–Crippen MR) is 55.8 cm³/mol. The van der Waals surface area contributed by atoms with Crippen LogP contribution in [0, 0.1) is 12.8 Å². The van der Waals surface area contributed by atoms with E-state index < -0.39 is 0 Å². The van der Waals surface area contributed by atoms with Gasteiger partial charge in [0.2, 0.25) is 0 Å². The molecule has 0 bridgehead atoms.